The molecule has 1 aliphatic rings. The number of likely N-dealkylation sites (tertiary alicyclic amines) is 1. The molecular weight excluding hydrogens is 473 g/mol. The molecule has 0 unspecified atom stereocenters. The van der Waals surface area contributed by atoms with E-state index in [1.807, 2.05) is 26.0 Å². The third kappa shape index (κ3) is 5.11. The molecule has 8 heteroatoms. The molecule has 37 heavy (non-hydrogen) atoms. The van der Waals surface area contributed by atoms with Gasteiger partial charge in [0.1, 0.15) is 28.7 Å². The number of benzene rings is 2. The minimum Gasteiger partial charge on any atom is -0.493 e. The number of hydrogen-bond donors (Lipinski definition) is 1. The van der Waals surface area contributed by atoms with Crippen LogP contribution in [0.25, 0.3) is 33.4 Å². The number of rotatable bonds is 8. The molecule has 0 aliphatic carbocycles. The molecule has 1 saturated heterocycles. The highest BCUT2D eigenvalue weighted by atomic mass is 19.1. The van der Waals surface area contributed by atoms with Gasteiger partial charge >= 0.3 is 0 Å². The summed E-state index contributed by atoms with van der Waals surface area (Å²) in [6.07, 6.45) is 4.72. The van der Waals surface area contributed by atoms with Gasteiger partial charge < -0.3 is 23.9 Å². The molecule has 5 rings (SSSR count). The largest absolute Gasteiger partial charge is 0.493 e. The number of nitrogens with zero attached hydrogens (tertiary/aromatic N) is 2. The van der Waals surface area contributed by atoms with Crippen LogP contribution >= 0.6 is 0 Å². The van der Waals surface area contributed by atoms with Crippen LogP contribution in [0.5, 0.6) is 5.75 Å². The molecule has 1 fully saturated rings. The second kappa shape index (κ2) is 10.8. The van der Waals surface area contributed by atoms with E-state index in [9.17, 15) is 9.18 Å². The highest BCUT2D eigenvalue weighted by Gasteiger charge is 2.25. The molecule has 7 nitrogen and oxygen atoms in total. The van der Waals surface area contributed by atoms with Crippen LogP contribution in [0.3, 0.4) is 0 Å². The summed E-state index contributed by atoms with van der Waals surface area (Å²) < 4.78 is 31.6. The summed E-state index contributed by atoms with van der Waals surface area (Å²) in [7, 11) is 1.58. The molecule has 1 aliphatic heterocycles. The predicted molar refractivity (Wildman–Crippen MR) is 140 cm³/mol. The van der Waals surface area contributed by atoms with Gasteiger partial charge in [-0.05, 0) is 82.6 Å². The Hall–Kier alpha value is -3.65. The van der Waals surface area contributed by atoms with Crippen LogP contribution in [0.2, 0.25) is 0 Å². The Morgan fingerprint density at radius 3 is 2.57 bits per heavy atom. The van der Waals surface area contributed by atoms with Crippen molar-refractivity contribution in [2.75, 3.05) is 33.3 Å². The van der Waals surface area contributed by atoms with Crippen molar-refractivity contribution in [1.29, 1.82) is 0 Å². The molecular formula is C29H32FN3O4. The summed E-state index contributed by atoms with van der Waals surface area (Å²) >= 11 is 0. The predicted octanol–water partition coefficient (Wildman–Crippen LogP) is 6.13. The summed E-state index contributed by atoms with van der Waals surface area (Å²) in [5.74, 6) is 1.03. The first kappa shape index (κ1) is 25.0. The number of aryl methyl sites for hydroxylation is 2. The number of carbonyl (C=O) groups is 1. The Kier molecular flexibility index (Phi) is 7.28. The second-order valence-electron chi connectivity index (χ2n) is 9.54. The van der Waals surface area contributed by atoms with Gasteiger partial charge in [0.2, 0.25) is 0 Å². The fourth-order valence-corrected chi connectivity index (χ4v) is 5.11. The lowest BCUT2D eigenvalue weighted by atomic mass is 9.99. The quantitative estimate of drug-likeness (QED) is 0.290. The van der Waals surface area contributed by atoms with Crippen molar-refractivity contribution in [3.05, 3.63) is 59.2 Å². The normalized spacial score (nSPS) is 14.3. The minimum atomic E-state index is -0.359. The highest BCUT2D eigenvalue weighted by molar-refractivity contribution is 6.12. The number of amides is 1. The van der Waals surface area contributed by atoms with Gasteiger partial charge in [0.25, 0.3) is 5.91 Å². The zero-order valence-electron chi connectivity index (χ0n) is 21.5. The van der Waals surface area contributed by atoms with Crippen LogP contribution in [0.1, 0.15) is 47.5 Å². The molecule has 0 atom stereocenters. The Balaban J connectivity index is 1.56. The number of fused-ring (bicyclic) bond motifs is 1. The Labute approximate surface area is 215 Å². The van der Waals surface area contributed by atoms with Gasteiger partial charge in [-0.15, -0.1) is 0 Å². The average molecular weight is 506 g/mol. The van der Waals surface area contributed by atoms with Gasteiger partial charge in [0.05, 0.1) is 23.4 Å². The molecule has 3 heterocycles. The molecule has 2 aromatic carbocycles. The van der Waals surface area contributed by atoms with Crippen molar-refractivity contribution in [3.63, 3.8) is 0 Å². The molecule has 2 aromatic heterocycles. The average Bonchev–Trinajstić information content (AvgIpc) is 3.45. The van der Waals surface area contributed by atoms with E-state index in [4.69, 9.17) is 13.7 Å². The van der Waals surface area contributed by atoms with Crippen LogP contribution in [0, 0.1) is 19.7 Å². The Morgan fingerprint density at radius 2 is 1.89 bits per heavy atom. The first-order valence-electron chi connectivity index (χ1n) is 12.8. The minimum absolute atomic E-state index is 0.292. The summed E-state index contributed by atoms with van der Waals surface area (Å²) in [5, 5.41) is 7.45. The van der Waals surface area contributed by atoms with E-state index >= 15 is 0 Å². The Bertz CT molecular complexity index is 1380. The van der Waals surface area contributed by atoms with Gasteiger partial charge in [-0.3, -0.25) is 4.79 Å². The summed E-state index contributed by atoms with van der Waals surface area (Å²) in [6, 6.07) is 9.64. The van der Waals surface area contributed by atoms with Gasteiger partial charge in [-0.2, -0.15) is 0 Å². The third-order valence-electron chi connectivity index (χ3n) is 6.98. The summed E-state index contributed by atoms with van der Waals surface area (Å²) in [4.78, 5) is 15.5. The smallest absolute Gasteiger partial charge is 0.255 e. The summed E-state index contributed by atoms with van der Waals surface area (Å²) in [5.41, 5.74) is 3.89. The molecule has 1 N–H and O–H groups in total. The molecule has 4 aromatic rings. The Morgan fingerprint density at radius 1 is 1.14 bits per heavy atom. The van der Waals surface area contributed by atoms with E-state index < -0.39 is 0 Å². The van der Waals surface area contributed by atoms with E-state index in [1.54, 1.807) is 19.2 Å². The number of halogens is 1. The van der Waals surface area contributed by atoms with Crippen molar-refractivity contribution in [1.82, 2.24) is 15.4 Å². The summed E-state index contributed by atoms with van der Waals surface area (Å²) in [6.45, 7) is 7.57. The van der Waals surface area contributed by atoms with Gasteiger partial charge in [0, 0.05) is 30.1 Å². The van der Waals surface area contributed by atoms with E-state index in [1.165, 1.54) is 31.4 Å². The SMILES string of the molecule is CNC(=O)c1c(-c2ccc(F)cc2)oc2cc(-c3c(C)noc3C)c(OCCCN3CCCCC3)cc12. The number of ether oxygens (including phenoxy) is 1. The number of aromatic nitrogens is 1. The van der Waals surface area contributed by atoms with Crippen LogP contribution in [-0.2, 0) is 0 Å². The van der Waals surface area contributed by atoms with Gasteiger partial charge in [0.15, 0.2) is 0 Å². The standard InChI is InChI=1S/C29H32FN3O4/c1-18-26(19(2)37-32-18)22-17-25-23(16-24(22)35-15-7-14-33-12-5-4-6-13-33)27(29(34)31-3)28(36-25)20-8-10-21(30)11-9-20/h8-11,16-17H,4-7,12-15H2,1-3H3,(H,31,34). The first-order chi connectivity index (χ1) is 18.0. The molecule has 0 radical (unpaired) electrons. The molecule has 0 saturated carbocycles. The number of carbonyl (C=O) groups excluding carboxylic acids is 1. The van der Waals surface area contributed by atoms with Crippen molar-refractivity contribution in [2.24, 2.45) is 0 Å². The number of piperidine rings is 1. The van der Waals surface area contributed by atoms with Crippen LogP contribution < -0.4 is 10.1 Å². The van der Waals surface area contributed by atoms with Crippen LogP contribution in [0.15, 0.2) is 45.3 Å². The first-order valence-corrected chi connectivity index (χ1v) is 12.8. The molecule has 1 amide bonds. The van der Waals surface area contributed by atoms with E-state index in [0.29, 0.717) is 46.0 Å². The maximum absolute atomic E-state index is 13.6. The topological polar surface area (TPSA) is 80.7 Å². The zero-order chi connectivity index (χ0) is 25.9. The van der Waals surface area contributed by atoms with Crippen molar-refractivity contribution >= 4 is 16.9 Å². The maximum atomic E-state index is 13.6. The van der Waals surface area contributed by atoms with Crippen LogP contribution in [-0.4, -0.2) is 49.3 Å². The second-order valence-corrected chi connectivity index (χ2v) is 9.54. The van der Waals surface area contributed by atoms with Crippen molar-refractivity contribution < 1.29 is 22.9 Å². The van der Waals surface area contributed by atoms with E-state index in [0.717, 1.165) is 42.9 Å². The fourth-order valence-electron chi connectivity index (χ4n) is 5.11. The molecule has 194 valence electrons. The molecule has 0 bridgehead atoms. The van der Waals surface area contributed by atoms with Crippen molar-refractivity contribution in [2.45, 2.75) is 39.5 Å². The van der Waals surface area contributed by atoms with Gasteiger partial charge in [-0.25, -0.2) is 4.39 Å². The fraction of sp³-hybridized carbons (Fsp3) is 0.379. The number of nitrogens with one attached hydrogen (secondary N) is 1. The lowest BCUT2D eigenvalue weighted by Crippen LogP contribution is -2.31. The maximum Gasteiger partial charge on any atom is 0.255 e. The number of furan rings is 1. The van der Waals surface area contributed by atoms with E-state index in [2.05, 4.69) is 15.4 Å². The van der Waals surface area contributed by atoms with Gasteiger partial charge in [-0.1, -0.05) is 11.6 Å². The van der Waals surface area contributed by atoms with Crippen LogP contribution in [0.4, 0.5) is 4.39 Å². The van der Waals surface area contributed by atoms with Crippen molar-refractivity contribution in [3.8, 4) is 28.2 Å². The highest BCUT2D eigenvalue weighted by Crippen LogP contribution is 2.42. The molecule has 0 spiro atoms. The number of hydrogen-bond acceptors (Lipinski definition) is 6. The zero-order valence-corrected chi connectivity index (χ0v) is 21.5. The van der Waals surface area contributed by atoms with E-state index in [-0.39, 0.29) is 11.7 Å². The lowest BCUT2D eigenvalue weighted by molar-refractivity contribution is 0.0964. The monoisotopic (exact) mass is 505 g/mol. The third-order valence-corrected chi connectivity index (χ3v) is 6.98. The lowest BCUT2D eigenvalue weighted by Gasteiger charge is -2.26.